The molecule has 1 atom stereocenters. The molecule has 0 heterocycles. The first kappa shape index (κ1) is 23.5. The molecule has 0 amide bonds. The number of hydrogen-bond donors (Lipinski definition) is 2. The van der Waals surface area contributed by atoms with Gasteiger partial charge in [-0.1, -0.05) is 13.8 Å². The predicted molar refractivity (Wildman–Crippen MR) is 98.2 cm³/mol. The summed E-state index contributed by atoms with van der Waals surface area (Å²) in [6.07, 6.45) is 2.86. The van der Waals surface area contributed by atoms with Crippen LogP contribution in [0.4, 0.5) is 0 Å². The molecule has 0 aromatic rings. The lowest BCUT2D eigenvalue weighted by Gasteiger charge is -2.36. The zero-order valence-corrected chi connectivity index (χ0v) is 17.3. The van der Waals surface area contributed by atoms with E-state index in [1.54, 1.807) is 0 Å². The summed E-state index contributed by atoms with van der Waals surface area (Å²) in [5.41, 5.74) is 0. The smallest absolute Gasteiger partial charge is 0.307 e. The molecule has 6 nitrogen and oxygen atoms in total. The summed E-state index contributed by atoms with van der Waals surface area (Å²) in [6, 6.07) is 0.0479. The summed E-state index contributed by atoms with van der Waals surface area (Å²) in [6.45, 7) is 14.0. The van der Waals surface area contributed by atoms with Gasteiger partial charge in [0.05, 0.1) is 26.2 Å². The van der Waals surface area contributed by atoms with Crippen LogP contribution >= 0.6 is 0 Å². The average Bonchev–Trinajstić information content (AvgIpc) is 2.47. The Balaban J connectivity index is 4.40. The zero-order chi connectivity index (χ0) is 18.6. The molecule has 0 rings (SSSR count). The van der Waals surface area contributed by atoms with E-state index in [9.17, 15) is 9.59 Å². The van der Waals surface area contributed by atoms with Crippen molar-refractivity contribution in [3.05, 3.63) is 0 Å². The van der Waals surface area contributed by atoms with Crippen molar-refractivity contribution in [1.82, 2.24) is 5.32 Å². The summed E-state index contributed by atoms with van der Waals surface area (Å²) in [7, 11) is -2.24. The number of nitrogens with one attached hydrogen (secondary N) is 1. The van der Waals surface area contributed by atoms with Gasteiger partial charge in [-0.15, -0.1) is 0 Å². The minimum Gasteiger partial charge on any atom is -0.466 e. The lowest BCUT2D eigenvalue weighted by molar-refractivity contribution is -0.291. The van der Waals surface area contributed by atoms with Crippen LogP contribution in [0, 0.1) is 0 Å². The van der Waals surface area contributed by atoms with E-state index >= 15 is 0 Å². The Morgan fingerprint density at radius 2 is 1.88 bits per heavy atom. The lowest BCUT2D eigenvalue weighted by Crippen LogP contribution is -2.41. The molecular formula is C17H37NO5Si. The SMILES string of the molecule is CCOOCCCNC(CCC(C)(C)[Si](C)(C)O)CC(=O)OCC. The molecule has 0 aliphatic rings. The molecule has 2 N–H and O–H groups in total. The monoisotopic (exact) mass is 363 g/mol. The van der Waals surface area contributed by atoms with Crippen molar-refractivity contribution in [1.29, 1.82) is 0 Å². The van der Waals surface area contributed by atoms with E-state index in [1.807, 2.05) is 26.9 Å². The quantitative estimate of drug-likeness (QED) is 0.162. The minimum absolute atomic E-state index is 0.0479. The van der Waals surface area contributed by atoms with Crippen LogP contribution in [0.1, 0.15) is 53.4 Å². The Labute approximate surface area is 148 Å². The summed E-state index contributed by atoms with van der Waals surface area (Å²) in [5, 5.41) is 3.31. The molecule has 0 aliphatic heterocycles. The van der Waals surface area contributed by atoms with Gasteiger partial charge in [0.25, 0.3) is 0 Å². The molecule has 0 aliphatic carbocycles. The normalized spacial score (nSPS) is 13.8. The number of carbonyl (C=O) groups excluding carboxylic acids is 1. The topological polar surface area (TPSA) is 77.0 Å². The van der Waals surface area contributed by atoms with E-state index in [0.717, 1.165) is 25.8 Å². The molecule has 0 saturated heterocycles. The van der Waals surface area contributed by atoms with E-state index in [1.165, 1.54) is 0 Å². The third-order valence-corrected chi connectivity index (χ3v) is 8.09. The molecule has 0 spiro atoms. The van der Waals surface area contributed by atoms with Gasteiger partial charge >= 0.3 is 5.97 Å². The fourth-order valence-corrected chi connectivity index (χ4v) is 2.87. The first-order valence-corrected chi connectivity index (χ1v) is 11.9. The first-order valence-electron chi connectivity index (χ1n) is 8.99. The summed E-state index contributed by atoms with van der Waals surface area (Å²) in [4.78, 5) is 32.0. The van der Waals surface area contributed by atoms with Crippen LogP contribution in [0.3, 0.4) is 0 Å². The highest BCUT2D eigenvalue weighted by Gasteiger charge is 2.38. The fraction of sp³-hybridized carbons (Fsp3) is 0.941. The van der Waals surface area contributed by atoms with Gasteiger partial charge < -0.3 is 14.8 Å². The Kier molecular flexibility index (Phi) is 11.7. The van der Waals surface area contributed by atoms with Gasteiger partial charge in [0.15, 0.2) is 8.32 Å². The van der Waals surface area contributed by atoms with Crippen molar-refractivity contribution in [2.24, 2.45) is 0 Å². The summed E-state index contributed by atoms with van der Waals surface area (Å²) >= 11 is 0. The number of esters is 1. The molecule has 0 radical (unpaired) electrons. The van der Waals surface area contributed by atoms with Crippen molar-refractivity contribution < 1.29 is 24.1 Å². The van der Waals surface area contributed by atoms with Crippen LogP contribution in [0.25, 0.3) is 0 Å². The molecular weight excluding hydrogens is 326 g/mol. The highest BCUT2D eigenvalue weighted by molar-refractivity contribution is 6.72. The second-order valence-electron chi connectivity index (χ2n) is 7.22. The van der Waals surface area contributed by atoms with Crippen molar-refractivity contribution in [2.45, 2.75) is 77.6 Å². The van der Waals surface area contributed by atoms with E-state index < -0.39 is 8.32 Å². The van der Waals surface area contributed by atoms with Crippen molar-refractivity contribution in [2.75, 3.05) is 26.4 Å². The molecule has 0 bridgehead atoms. The Morgan fingerprint density at radius 1 is 1.21 bits per heavy atom. The number of carbonyl (C=O) groups is 1. The van der Waals surface area contributed by atoms with Crippen LogP contribution in [0.15, 0.2) is 0 Å². The molecule has 0 saturated carbocycles. The molecule has 1 unspecified atom stereocenters. The number of rotatable bonds is 14. The summed E-state index contributed by atoms with van der Waals surface area (Å²) in [5.74, 6) is -0.182. The molecule has 0 aromatic heterocycles. The third kappa shape index (κ3) is 10.4. The predicted octanol–water partition coefficient (Wildman–Crippen LogP) is 3.01. The average molecular weight is 364 g/mol. The van der Waals surface area contributed by atoms with Gasteiger partial charge in [-0.05, 0) is 57.8 Å². The second kappa shape index (κ2) is 12.0. The van der Waals surface area contributed by atoms with Crippen molar-refractivity contribution in [3.63, 3.8) is 0 Å². The van der Waals surface area contributed by atoms with Gasteiger partial charge in [-0.25, -0.2) is 9.78 Å². The van der Waals surface area contributed by atoms with Crippen LogP contribution in [-0.2, 0) is 19.3 Å². The standard InChI is InChI=1S/C17H37NO5Si/c1-7-21-16(19)14-15(18-12-9-13-23-22-8-2)10-11-17(3,4)24(5,6)20/h15,18,20H,7-14H2,1-6H3. The maximum absolute atomic E-state index is 11.8. The zero-order valence-electron chi connectivity index (χ0n) is 16.3. The van der Waals surface area contributed by atoms with E-state index in [2.05, 4.69) is 19.2 Å². The van der Waals surface area contributed by atoms with Gasteiger partial charge in [0.1, 0.15) is 0 Å². The minimum atomic E-state index is -2.24. The number of ether oxygens (including phenoxy) is 1. The van der Waals surface area contributed by atoms with Crippen LogP contribution in [0.5, 0.6) is 0 Å². The lowest BCUT2D eigenvalue weighted by atomic mass is 10.00. The molecule has 24 heavy (non-hydrogen) atoms. The molecule has 0 fully saturated rings. The second-order valence-corrected chi connectivity index (χ2v) is 11.7. The van der Waals surface area contributed by atoms with E-state index in [0.29, 0.717) is 26.2 Å². The van der Waals surface area contributed by atoms with Crippen LogP contribution < -0.4 is 5.32 Å². The van der Waals surface area contributed by atoms with Crippen LogP contribution in [0.2, 0.25) is 18.1 Å². The highest BCUT2D eigenvalue weighted by Crippen LogP contribution is 2.40. The highest BCUT2D eigenvalue weighted by atomic mass is 28.4. The largest absolute Gasteiger partial charge is 0.466 e. The Hall–Kier alpha value is -0.473. The third-order valence-electron chi connectivity index (χ3n) is 4.53. The molecule has 7 heteroatoms. The van der Waals surface area contributed by atoms with Gasteiger partial charge in [-0.3, -0.25) is 4.79 Å². The van der Waals surface area contributed by atoms with Gasteiger partial charge in [0, 0.05) is 6.04 Å². The maximum Gasteiger partial charge on any atom is 0.307 e. The van der Waals surface area contributed by atoms with Crippen LogP contribution in [-0.4, -0.2) is 51.5 Å². The van der Waals surface area contributed by atoms with Crippen molar-refractivity contribution >= 4 is 14.3 Å². The molecule has 0 aromatic carbocycles. The van der Waals surface area contributed by atoms with Crippen molar-refractivity contribution in [3.8, 4) is 0 Å². The number of hydrogen-bond acceptors (Lipinski definition) is 6. The maximum atomic E-state index is 11.8. The summed E-state index contributed by atoms with van der Waals surface area (Å²) < 4.78 is 5.07. The Bertz CT molecular complexity index is 344. The van der Waals surface area contributed by atoms with Gasteiger partial charge in [-0.2, -0.15) is 0 Å². The Morgan fingerprint density at radius 3 is 2.42 bits per heavy atom. The first-order chi connectivity index (χ1) is 11.1. The van der Waals surface area contributed by atoms with E-state index in [4.69, 9.17) is 14.5 Å². The molecule has 144 valence electrons. The van der Waals surface area contributed by atoms with Gasteiger partial charge in [0.2, 0.25) is 0 Å². The van der Waals surface area contributed by atoms with E-state index in [-0.39, 0.29) is 17.0 Å². The fourth-order valence-electron chi connectivity index (χ4n) is 2.12.